The molecule has 0 spiro atoms. The van der Waals surface area contributed by atoms with Crippen molar-refractivity contribution in [3.63, 3.8) is 0 Å². The number of aryl methyl sites for hydroxylation is 2. The highest BCUT2D eigenvalue weighted by Crippen LogP contribution is 2.29. The van der Waals surface area contributed by atoms with E-state index >= 15 is 0 Å². The Bertz CT molecular complexity index is 1030. The molecule has 0 aliphatic carbocycles. The van der Waals surface area contributed by atoms with E-state index in [1.165, 1.54) is 0 Å². The van der Waals surface area contributed by atoms with Crippen molar-refractivity contribution in [2.75, 3.05) is 6.61 Å². The Hall–Kier alpha value is -3.80. The molecule has 6 heteroatoms. The highest BCUT2D eigenvalue weighted by Gasteiger charge is 2.17. The highest BCUT2D eigenvalue weighted by molar-refractivity contribution is 5.85. The van der Waals surface area contributed by atoms with Crippen LogP contribution in [0.5, 0.6) is 11.5 Å². The van der Waals surface area contributed by atoms with Gasteiger partial charge in [0.25, 0.3) is 11.8 Å². The molecule has 0 bridgehead atoms. The lowest BCUT2D eigenvalue weighted by atomic mass is 10.1. The maximum Gasteiger partial charge on any atom is 0.279 e. The second kappa shape index (κ2) is 10.3. The summed E-state index contributed by atoms with van der Waals surface area (Å²) in [5, 5.41) is 0. The summed E-state index contributed by atoms with van der Waals surface area (Å²) < 4.78 is 11.4. The van der Waals surface area contributed by atoms with Crippen LogP contribution < -0.4 is 20.3 Å². The van der Waals surface area contributed by atoms with E-state index in [1.54, 1.807) is 13.0 Å². The van der Waals surface area contributed by atoms with Crippen molar-refractivity contribution in [3.8, 4) is 22.6 Å². The summed E-state index contributed by atoms with van der Waals surface area (Å²) in [6.07, 6.45) is -0.778. The van der Waals surface area contributed by atoms with E-state index in [2.05, 4.69) is 10.9 Å². The van der Waals surface area contributed by atoms with Gasteiger partial charge in [-0.25, -0.2) is 0 Å². The quantitative estimate of drug-likeness (QED) is 0.570. The largest absolute Gasteiger partial charge is 0.483 e. The molecule has 160 valence electrons. The van der Waals surface area contributed by atoms with E-state index in [0.717, 1.165) is 22.3 Å². The van der Waals surface area contributed by atoms with Crippen LogP contribution in [-0.4, -0.2) is 24.5 Å². The number of nitrogens with one attached hydrogen (secondary N) is 2. The number of hydrogen-bond acceptors (Lipinski definition) is 4. The molecule has 3 aromatic rings. The first kappa shape index (κ1) is 21.9. The summed E-state index contributed by atoms with van der Waals surface area (Å²) in [6, 6.07) is 23.0. The van der Waals surface area contributed by atoms with Gasteiger partial charge in [-0.15, -0.1) is 0 Å². The number of benzene rings is 3. The van der Waals surface area contributed by atoms with Crippen LogP contribution in [0.3, 0.4) is 0 Å². The first-order valence-corrected chi connectivity index (χ1v) is 10.0. The number of hydrazine groups is 1. The number of para-hydroxylation sites is 2. The zero-order valence-electron chi connectivity index (χ0n) is 17.8. The first-order chi connectivity index (χ1) is 15.0. The molecule has 31 heavy (non-hydrogen) atoms. The second-order valence-corrected chi connectivity index (χ2v) is 7.17. The molecule has 6 nitrogen and oxygen atoms in total. The van der Waals surface area contributed by atoms with Gasteiger partial charge in [0.1, 0.15) is 11.5 Å². The van der Waals surface area contributed by atoms with E-state index in [1.807, 2.05) is 80.6 Å². The molecular weight excluding hydrogens is 392 g/mol. The van der Waals surface area contributed by atoms with E-state index in [4.69, 9.17) is 9.47 Å². The molecule has 0 aliphatic heterocycles. The molecule has 0 radical (unpaired) electrons. The minimum atomic E-state index is -0.778. The average molecular weight is 418 g/mol. The van der Waals surface area contributed by atoms with Gasteiger partial charge in [-0.1, -0.05) is 66.7 Å². The lowest BCUT2D eigenvalue weighted by Crippen LogP contribution is -2.48. The molecule has 0 saturated carbocycles. The maximum absolute atomic E-state index is 12.3. The van der Waals surface area contributed by atoms with Gasteiger partial charge in [0, 0.05) is 5.56 Å². The topological polar surface area (TPSA) is 76.7 Å². The molecule has 0 aliphatic rings. The lowest BCUT2D eigenvalue weighted by molar-refractivity contribution is -0.133. The molecule has 0 fully saturated rings. The Balaban J connectivity index is 1.51. The van der Waals surface area contributed by atoms with Gasteiger partial charge in [-0.05, 0) is 43.5 Å². The van der Waals surface area contributed by atoms with Crippen LogP contribution >= 0.6 is 0 Å². The summed E-state index contributed by atoms with van der Waals surface area (Å²) in [6.45, 7) is 5.22. The summed E-state index contributed by atoms with van der Waals surface area (Å²) in [7, 11) is 0. The van der Waals surface area contributed by atoms with Crippen molar-refractivity contribution in [3.05, 3.63) is 83.9 Å². The Morgan fingerprint density at radius 1 is 0.839 bits per heavy atom. The number of hydrogen-bond donors (Lipinski definition) is 2. The Morgan fingerprint density at radius 2 is 1.48 bits per heavy atom. The van der Waals surface area contributed by atoms with Gasteiger partial charge in [0.15, 0.2) is 12.7 Å². The molecule has 0 saturated heterocycles. The van der Waals surface area contributed by atoms with Gasteiger partial charge >= 0.3 is 0 Å². The second-order valence-electron chi connectivity index (χ2n) is 7.17. The third-order valence-corrected chi connectivity index (χ3v) is 4.73. The van der Waals surface area contributed by atoms with E-state index < -0.39 is 17.9 Å². The van der Waals surface area contributed by atoms with E-state index in [9.17, 15) is 9.59 Å². The Kier molecular flexibility index (Phi) is 7.27. The minimum Gasteiger partial charge on any atom is -0.483 e. The highest BCUT2D eigenvalue weighted by atomic mass is 16.5. The molecule has 0 aromatic heterocycles. The van der Waals surface area contributed by atoms with E-state index in [0.29, 0.717) is 11.5 Å². The molecule has 1 unspecified atom stereocenters. The molecular formula is C25H26N2O4. The number of ether oxygens (including phenoxy) is 2. The third-order valence-electron chi connectivity index (χ3n) is 4.73. The molecule has 3 aromatic carbocycles. The average Bonchev–Trinajstić information content (AvgIpc) is 2.79. The zero-order chi connectivity index (χ0) is 22.2. The van der Waals surface area contributed by atoms with Crippen molar-refractivity contribution in [1.29, 1.82) is 0 Å². The van der Waals surface area contributed by atoms with Gasteiger partial charge in [-0.3, -0.25) is 20.4 Å². The molecule has 0 heterocycles. The Labute approximate surface area is 182 Å². The normalized spacial score (nSPS) is 11.3. The van der Waals surface area contributed by atoms with Gasteiger partial charge in [0.05, 0.1) is 0 Å². The summed E-state index contributed by atoms with van der Waals surface area (Å²) in [5.41, 5.74) is 8.50. The maximum atomic E-state index is 12.3. The fraction of sp³-hybridized carbons (Fsp3) is 0.200. The number of amides is 2. The van der Waals surface area contributed by atoms with Crippen LogP contribution in [0.25, 0.3) is 11.1 Å². The smallest absolute Gasteiger partial charge is 0.279 e. The van der Waals surface area contributed by atoms with Gasteiger partial charge < -0.3 is 9.47 Å². The fourth-order valence-corrected chi connectivity index (χ4v) is 3.08. The summed E-state index contributed by atoms with van der Waals surface area (Å²) >= 11 is 0. The minimum absolute atomic E-state index is 0.240. The number of carbonyl (C=O) groups excluding carboxylic acids is 2. The van der Waals surface area contributed by atoms with Crippen LogP contribution in [0.2, 0.25) is 0 Å². The predicted molar refractivity (Wildman–Crippen MR) is 120 cm³/mol. The van der Waals surface area contributed by atoms with Crippen molar-refractivity contribution in [2.45, 2.75) is 26.9 Å². The van der Waals surface area contributed by atoms with Crippen molar-refractivity contribution in [2.24, 2.45) is 0 Å². The molecule has 3 rings (SSSR count). The standard InChI is InChI=1S/C25H26N2O4/c1-17-10-9-11-18(2)24(17)31-19(3)25(29)27-26-23(28)16-30-22-15-8-7-14-21(22)20-12-5-4-6-13-20/h4-15,19H,16H2,1-3H3,(H,26,28)(H,27,29). The number of carbonyl (C=O) groups is 2. The van der Waals surface area contributed by atoms with Crippen molar-refractivity contribution in [1.82, 2.24) is 10.9 Å². The zero-order valence-corrected chi connectivity index (χ0v) is 17.8. The van der Waals surface area contributed by atoms with Crippen LogP contribution in [0, 0.1) is 13.8 Å². The van der Waals surface area contributed by atoms with E-state index in [-0.39, 0.29) is 6.61 Å². The van der Waals surface area contributed by atoms with Gasteiger partial charge in [0.2, 0.25) is 0 Å². The molecule has 2 N–H and O–H groups in total. The fourth-order valence-electron chi connectivity index (χ4n) is 3.08. The summed E-state index contributed by atoms with van der Waals surface area (Å²) in [5.74, 6) is 0.315. The van der Waals surface area contributed by atoms with Crippen LogP contribution in [0.1, 0.15) is 18.1 Å². The molecule has 2 amide bonds. The number of rotatable bonds is 7. The third kappa shape index (κ3) is 5.85. The summed E-state index contributed by atoms with van der Waals surface area (Å²) in [4.78, 5) is 24.5. The SMILES string of the molecule is Cc1cccc(C)c1OC(C)C(=O)NNC(=O)COc1ccccc1-c1ccccc1. The monoisotopic (exact) mass is 418 g/mol. The lowest BCUT2D eigenvalue weighted by Gasteiger charge is -2.18. The first-order valence-electron chi connectivity index (χ1n) is 10.0. The van der Waals surface area contributed by atoms with Crippen molar-refractivity contribution >= 4 is 11.8 Å². The predicted octanol–water partition coefficient (Wildman–Crippen LogP) is 3.96. The van der Waals surface area contributed by atoms with Crippen LogP contribution in [-0.2, 0) is 9.59 Å². The van der Waals surface area contributed by atoms with Crippen molar-refractivity contribution < 1.29 is 19.1 Å². The van der Waals surface area contributed by atoms with Crippen LogP contribution in [0.15, 0.2) is 72.8 Å². The van der Waals surface area contributed by atoms with Crippen LogP contribution in [0.4, 0.5) is 0 Å². The van der Waals surface area contributed by atoms with Gasteiger partial charge in [-0.2, -0.15) is 0 Å². The Morgan fingerprint density at radius 3 is 2.19 bits per heavy atom. The molecule has 1 atom stereocenters.